The highest BCUT2D eigenvalue weighted by molar-refractivity contribution is 6.40. The number of hydrogen-bond acceptors (Lipinski definition) is 7. The van der Waals surface area contributed by atoms with Crippen molar-refractivity contribution in [1.29, 1.82) is 0 Å². The molecule has 2 fully saturated rings. The van der Waals surface area contributed by atoms with Gasteiger partial charge >= 0.3 is 5.97 Å². The molecule has 3 aliphatic heterocycles. The third kappa shape index (κ3) is 6.92. The molecule has 0 spiro atoms. The number of carboxylic acids is 1. The SMILES string of the molecule is CCN(CC)CC.Cn1cc(-c2cc(Cl)c(C(=O)N3COc4c(cccc4-c4cc(N5C6COCC5C6)c(C(=O)O)cc4F)C3)c(Cl)c2)cn1. The van der Waals surface area contributed by atoms with E-state index >= 15 is 4.39 Å². The van der Waals surface area contributed by atoms with Gasteiger partial charge in [-0.1, -0.05) is 62.2 Å². The van der Waals surface area contributed by atoms with Crippen LogP contribution < -0.4 is 9.64 Å². The largest absolute Gasteiger partial charge is 0.478 e. The van der Waals surface area contributed by atoms with E-state index < -0.39 is 17.7 Å². The molecule has 1 aromatic heterocycles. The van der Waals surface area contributed by atoms with E-state index in [4.69, 9.17) is 32.7 Å². The number of carbonyl (C=O) groups is 2. The van der Waals surface area contributed by atoms with Crippen LogP contribution in [0, 0.1) is 5.82 Å². The number of para-hydroxylation sites is 1. The van der Waals surface area contributed by atoms with Gasteiger partial charge in [0.1, 0.15) is 11.6 Å². The Morgan fingerprint density at radius 3 is 2.24 bits per heavy atom. The number of anilines is 1. The van der Waals surface area contributed by atoms with E-state index in [1.807, 2.05) is 11.1 Å². The molecule has 13 heteroatoms. The molecule has 4 aromatic rings. The van der Waals surface area contributed by atoms with E-state index in [9.17, 15) is 14.7 Å². The smallest absolute Gasteiger partial charge is 0.337 e. The standard InChI is InChI=1S/C31H25Cl2FN4O5.C6H15N/c1-36-11-18(10-35-36)17-5-24(32)28(25(33)6-17)30(39)37-12-16-3-2-4-21(29(16)43-15-37)22-9-27(23(31(40)41)8-26(22)34)38-19-7-20(38)14-42-13-19;1-4-7(5-2)6-3/h2-6,8-11,19-20H,7,12-15H2,1H3,(H,40,41);4-6H2,1-3H3. The number of rotatable bonds is 8. The van der Waals surface area contributed by atoms with E-state index in [0.717, 1.165) is 23.6 Å². The molecule has 3 aliphatic rings. The Hall–Kier alpha value is -4.16. The lowest BCUT2D eigenvalue weighted by molar-refractivity contribution is 0.0101. The van der Waals surface area contributed by atoms with Crippen LogP contribution in [-0.4, -0.2) is 88.2 Å². The first-order valence-electron chi connectivity index (χ1n) is 16.7. The first-order chi connectivity index (χ1) is 24.0. The molecule has 1 N–H and O–H groups in total. The fourth-order valence-electron chi connectivity index (χ4n) is 6.84. The number of nitrogens with zero attached hydrogens (tertiary/aromatic N) is 5. The number of aromatic carboxylic acids is 1. The quantitative estimate of drug-likeness (QED) is 0.204. The van der Waals surface area contributed by atoms with Crippen LogP contribution in [0.15, 0.2) is 54.9 Å². The summed E-state index contributed by atoms with van der Waals surface area (Å²) >= 11 is 13.1. The molecule has 0 saturated carbocycles. The van der Waals surface area contributed by atoms with Crippen molar-refractivity contribution in [3.05, 3.63) is 87.4 Å². The molecule has 0 radical (unpaired) electrons. The van der Waals surface area contributed by atoms with Crippen LogP contribution in [0.3, 0.4) is 0 Å². The summed E-state index contributed by atoms with van der Waals surface area (Å²) < 4.78 is 28.8. The molecule has 7 rings (SSSR count). The number of halogens is 3. The number of amides is 1. The predicted octanol–water partition coefficient (Wildman–Crippen LogP) is 7.22. The van der Waals surface area contributed by atoms with Crippen LogP contribution in [0.4, 0.5) is 10.1 Å². The van der Waals surface area contributed by atoms with Gasteiger partial charge in [-0.05, 0) is 55.9 Å². The summed E-state index contributed by atoms with van der Waals surface area (Å²) in [6.07, 6.45) is 4.40. The van der Waals surface area contributed by atoms with Gasteiger partial charge < -0.3 is 29.3 Å². The molecule has 4 heterocycles. The number of benzene rings is 3. The summed E-state index contributed by atoms with van der Waals surface area (Å²) in [5.41, 5.74) is 3.41. The Morgan fingerprint density at radius 1 is 1.00 bits per heavy atom. The highest BCUT2D eigenvalue weighted by Crippen LogP contribution is 2.44. The van der Waals surface area contributed by atoms with Gasteiger partial charge in [-0.15, -0.1) is 0 Å². The summed E-state index contributed by atoms with van der Waals surface area (Å²) in [5, 5.41) is 14.4. The Balaban J connectivity index is 0.000000561. The van der Waals surface area contributed by atoms with E-state index in [1.165, 1.54) is 24.5 Å². The second-order valence-corrected chi connectivity index (χ2v) is 13.4. The van der Waals surface area contributed by atoms with Gasteiger partial charge in [0, 0.05) is 35.5 Å². The Kier molecular flexibility index (Phi) is 10.7. The summed E-state index contributed by atoms with van der Waals surface area (Å²) in [7, 11) is 1.80. The lowest BCUT2D eigenvalue weighted by Crippen LogP contribution is -2.64. The fraction of sp³-hybridized carbons (Fsp3) is 0.378. The molecule has 2 unspecified atom stereocenters. The Labute approximate surface area is 300 Å². The molecule has 1 amide bonds. The molecular weight excluding hydrogens is 684 g/mol. The van der Waals surface area contributed by atoms with Crippen molar-refractivity contribution >= 4 is 40.8 Å². The average Bonchev–Trinajstić information content (AvgIpc) is 3.55. The third-order valence-corrected chi connectivity index (χ3v) is 10.2. The van der Waals surface area contributed by atoms with Gasteiger partial charge in [-0.2, -0.15) is 5.10 Å². The van der Waals surface area contributed by atoms with Gasteiger partial charge in [-0.3, -0.25) is 9.48 Å². The van der Waals surface area contributed by atoms with E-state index in [2.05, 4.69) is 30.8 Å². The van der Waals surface area contributed by atoms with Gasteiger partial charge in [0.25, 0.3) is 5.91 Å². The molecule has 2 saturated heterocycles. The predicted molar refractivity (Wildman–Crippen MR) is 192 cm³/mol. The van der Waals surface area contributed by atoms with E-state index in [1.54, 1.807) is 54.3 Å². The van der Waals surface area contributed by atoms with Crippen molar-refractivity contribution in [3.63, 3.8) is 0 Å². The highest BCUT2D eigenvalue weighted by Gasteiger charge is 2.44. The van der Waals surface area contributed by atoms with Crippen LogP contribution in [0.25, 0.3) is 22.3 Å². The van der Waals surface area contributed by atoms with Crippen LogP contribution in [0.2, 0.25) is 10.0 Å². The zero-order chi connectivity index (χ0) is 35.7. The number of aromatic nitrogens is 2. The van der Waals surface area contributed by atoms with Crippen molar-refractivity contribution in [3.8, 4) is 28.0 Å². The van der Waals surface area contributed by atoms with Crippen LogP contribution in [0.5, 0.6) is 5.75 Å². The number of fused-ring (bicyclic) bond motifs is 3. The molecule has 0 aliphatic carbocycles. The minimum Gasteiger partial charge on any atom is -0.478 e. The van der Waals surface area contributed by atoms with Gasteiger partial charge in [0.05, 0.1) is 64.9 Å². The number of ether oxygens (including phenoxy) is 2. The average molecular weight is 725 g/mol. The lowest BCUT2D eigenvalue weighted by Gasteiger charge is -2.54. The molecule has 264 valence electrons. The van der Waals surface area contributed by atoms with Crippen molar-refractivity contribution < 1.29 is 28.6 Å². The molecule has 2 bridgehead atoms. The first-order valence-corrected chi connectivity index (χ1v) is 17.5. The molecule has 3 aromatic carbocycles. The summed E-state index contributed by atoms with van der Waals surface area (Å²) in [4.78, 5) is 31.5. The maximum atomic E-state index is 15.5. The summed E-state index contributed by atoms with van der Waals surface area (Å²) in [5.74, 6) is -1.85. The Morgan fingerprint density at radius 2 is 1.68 bits per heavy atom. The molecule has 10 nitrogen and oxygen atoms in total. The lowest BCUT2D eigenvalue weighted by atomic mass is 9.88. The number of morpholine rings is 1. The minimum absolute atomic E-state index is 0.0488. The summed E-state index contributed by atoms with van der Waals surface area (Å²) in [6, 6.07) is 11.4. The van der Waals surface area contributed by atoms with Gasteiger partial charge in [0.15, 0.2) is 6.73 Å². The second kappa shape index (κ2) is 15.0. The molecule has 2 atom stereocenters. The normalized spacial score (nSPS) is 17.8. The van der Waals surface area contributed by atoms with Crippen LogP contribution in [-0.2, 0) is 18.3 Å². The van der Waals surface area contributed by atoms with Crippen LogP contribution >= 0.6 is 23.2 Å². The zero-order valence-electron chi connectivity index (χ0n) is 28.5. The van der Waals surface area contributed by atoms with E-state index in [-0.39, 0.29) is 52.1 Å². The maximum Gasteiger partial charge on any atom is 0.337 e. The second-order valence-electron chi connectivity index (χ2n) is 12.5. The highest BCUT2D eigenvalue weighted by atomic mass is 35.5. The van der Waals surface area contributed by atoms with Crippen molar-refractivity contribution in [2.24, 2.45) is 7.05 Å². The zero-order valence-corrected chi connectivity index (χ0v) is 30.0. The molecule has 50 heavy (non-hydrogen) atoms. The van der Waals surface area contributed by atoms with Crippen molar-refractivity contribution in [1.82, 2.24) is 19.6 Å². The minimum atomic E-state index is -1.20. The fourth-order valence-corrected chi connectivity index (χ4v) is 7.49. The number of hydrogen-bond donors (Lipinski definition) is 1. The van der Waals surface area contributed by atoms with Crippen molar-refractivity contribution in [2.45, 2.75) is 45.8 Å². The van der Waals surface area contributed by atoms with Crippen LogP contribution in [0.1, 0.15) is 53.5 Å². The van der Waals surface area contributed by atoms with Gasteiger partial charge in [-0.25, -0.2) is 9.18 Å². The maximum absolute atomic E-state index is 15.5. The monoisotopic (exact) mass is 723 g/mol. The Bertz CT molecular complexity index is 1870. The first kappa shape index (κ1) is 35.7. The number of carboxylic acid groups (broad SMARTS) is 1. The number of aryl methyl sites for hydroxylation is 1. The topological polar surface area (TPSA) is 100 Å². The third-order valence-electron chi connectivity index (χ3n) is 9.58. The summed E-state index contributed by atoms with van der Waals surface area (Å²) in [6.45, 7) is 11.2. The number of carbonyl (C=O) groups excluding carboxylic acids is 1. The van der Waals surface area contributed by atoms with E-state index in [0.29, 0.717) is 35.8 Å². The van der Waals surface area contributed by atoms with Gasteiger partial charge in [0.2, 0.25) is 0 Å². The molecular formula is C37H40Cl2FN5O5. The van der Waals surface area contributed by atoms with Crippen molar-refractivity contribution in [2.75, 3.05) is 44.5 Å².